The standard InChI is InChI=1S/C16H23NO4/c1-3-20-15-6-5-12(9-16(15)21-4-2)14(18)10-13-11-19-8-7-17-13/h5-6,9,13,17H,3-4,7-8,10-11H2,1-2H3. The Hall–Kier alpha value is -1.59. The average molecular weight is 293 g/mol. The van der Waals surface area contributed by atoms with Crippen LogP contribution in [-0.2, 0) is 4.74 Å². The summed E-state index contributed by atoms with van der Waals surface area (Å²) in [5.74, 6) is 1.38. The number of ketones is 1. The van der Waals surface area contributed by atoms with Crippen LogP contribution in [0.25, 0.3) is 0 Å². The lowest BCUT2D eigenvalue weighted by atomic mass is 10.0. The third kappa shape index (κ3) is 4.44. The van der Waals surface area contributed by atoms with Crippen LogP contribution < -0.4 is 14.8 Å². The van der Waals surface area contributed by atoms with E-state index in [0.29, 0.717) is 49.9 Å². The van der Waals surface area contributed by atoms with E-state index in [0.717, 1.165) is 6.54 Å². The number of benzene rings is 1. The van der Waals surface area contributed by atoms with Crippen molar-refractivity contribution in [2.75, 3.05) is 33.0 Å². The smallest absolute Gasteiger partial charge is 0.164 e. The highest BCUT2D eigenvalue weighted by atomic mass is 16.5. The Balaban J connectivity index is 2.07. The fraction of sp³-hybridized carbons (Fsp3) is 0.562. The molecule has 1 unspecified atom stereocenters. The van der Waals surface area contributed by atoms with Gasteiger partial charge in [-0.05, 0) is 32.0 Å². The lowest BCUT2D eigenvalue weighted by molar-refractivity contribution is 0.0676. The van der Waals surface area contributed by atoms with E-state index in [1.807, 2.05) is 13.8 Å². The maximum Gasteiger partial charge on any atom is 0.164 e. The van der Waals surface area contributed by atoms with Gasteiger partial charge in [-0.3, -0.25) is 4.79 Å². The number of carbonyl (C=O) groups excluding carboxylic acids is 1. The number of Topliss-reactive ketones (excluding diaryl/α,β-unsaturated/α-hetero) is 1. The number of hydrogen-bond donors (Lipinski definition) is 1. The molecule has 1 aromatic carbocycles. The second kappa shape index (κ2) is 8.00. The molecule has 1 N–H and O–H groups in total. The molecule has 5 heteroatoms. The molecule has 1 fully saturated rings. The fourth-order valence-electron chi connectivity index (χ4n) is 2.32. The Bertz CT molecular complexity index is 469. The van der Waals surface area contributed by atoms with Crippen molar-refractivity contribution >= 4 is 5.78 Å². The summed E-state index contributed by atoms with van der Waals surface area (Å²) in [6, 6.07) is 5.44. The topological polar surface area (TPSA) is 56.8 Å². The van der Waals surface area contributed by atoms with Gasteiger partial charge in [-0.15, -0.1) is 0 Å². The molecule has 1 atom stereocenters. The van der Waals surface area contributed by atoms with Gasteiger partial charge < -0.3 is 19.5 Å². The van der Waals surface area contributed by atoms with Crippen molar-refractivity contribution in [2.24, 2.45) is 0 Å². The summed E-state index contributed by atoms with van der Waals surface area (Å²) in [5.41, 5.74) is 0.647. The molecule has 0 aliphatic carbocycles. The van der Waals surface area contributed by atoms with Gasteiger partial charge in [0.1, 0.15) is 0 Å². The molecule has 21 heavy (non-hydrogen) atoms. The lowest BCUT2D eigenvalue weighted by Gasteiger charge is -2.23. The minimum Gasteiger partial charge on any atom is -0.490 e. The predicted octanol–water partition coefficient (Wildman–Crippen LogP) is 2.05. The van der Waals surface area contributed by atoms with Crippen LogP contribution >= 0.6 is 0 Å². The van der Waals surface area contributed by atoms with Crippen molar-refractivity contribution in [3.63, 3.8) is 0 Å². The third-order valence-electron chi connectivity index (χ3n) is 3.30. The zero-order chi connectivity index (χ0) is 15.1. The quantitative estimate of drug-likeness (QED) is 0.780. The second-order valence-corrected chi connectivity index (χ2v) is 4.88. The molecule has 0 bridgehead atoms. The minimum absolute atomic E-state index is 0.0852. The number of hydrogen-bond acceptors (Lipinski definition) is 5. The van der Waals surface area contributed by atoms with Crippen molar-refractivity contribution in [3.8, 4) is 11.5 Å². The molecule has 0 spiro atoms. The van der Waals surface area contributed by atoms with Crippen molar-refractivity contribution in [2.45, 2.75) is 26.3 Å². The maximum absolute atomic E-state index is 12.3. The van der Waals surface area contributed by atoms with Gasteiger partial charge in [0.25, 0.3) is 0 Å². The molecule has 0 amide bonds. The Morgan fingerprint density at radius 3 is 2.71 bits per heavy atom. The van der Waals surface area contributed by atoms with E-state index < -0.39 is 0 Å². The van der Waals surface area contributed by atoms with Gasteiger partial charge in [0.15, 0.2) is 17.3 Å². The summed E-state index contributed by atoms with van der Waals surface area (Å²) in [6.45, 7) is 7.03. The Morgan fingerprint density at radius 2 is 2.05 bits per heavy atom. The molecule has 1 aromatic rings. The Kier molecular flexibility index (Phi) is 6.02. The predicted molar refractivity (Wildman–Crippen MR) is 80.3 cm³/mol. The fourth-order valence-corrected chi connectivity index (χ4v) is 2.32. The Labute approximate surface area is 125 Å². The number of carbonyl (C=O) groups is 1. The largest absolute Gasteiger partial charge is 0.490 e. The van der Waals surface area contributed by atoms with E-state index >= 15 is 0 Å². The van der Waals surface area contributed by atoms with Crippen LogP contribution in [0.5, 0.6) is 11.5 Å². The number of ether oxygens (including phenoxy) is 3. The molecule has 5 nitrogen and oxygen atoms in total. The zero-order valence-electron chi connectivity index (χ0n) is 12.7. The van der Waals surface area contributed by atoms with Gasteiger partial charge in [-0.1, -0.05) is 0 Å². The van der Waals surface area contributed by atoms with E-state index in [4.69, 9.17) is 14.2 Å². The highest BCUT2D eigenvalue weighted by molar-refractivity contribution is 5.97. The molecule has 1 aliphatic rings. The van der Waals surface area contributed by atoms with Crippen LogP contribution in [0.3, 0.4) is 0 Å². The van der Waals surface area contributed by atoms with Gasteiger partial charge in [-0.25, -0.2) is 0 Å². The summed E-state index contributed by atoms with van der Waals surface area (Å²) in [6.07, 6.45) is 0.430. The number of morpholine rings is 1. The van der Waals surface area contributed by atoms with Crippen LogP contribution in [-0.4, -0.2) is 44.8 Å². The van der Waals surface area contributed by atoms with Crippen LogP contribution in [0, 0.1) is 0 Å². The first-order valence-electron chi connectivity index (χ1n) is 7.48. The van der Waals surface area contributed by atoms with E-state index in [1.54, 1.807) is 18.2 Å². The average Bonchev–Trinajstić information content (AvgIpc) is 2.50. The highest BCUT2D eigenvalue weighted by Gasteiger charge is 2.19. The van der Waals surface area contributed by atoms with Crippen molar-refractivity contribution in [3.05, 3.63) is 23.8 Å². The van der Waals surface area contributed by atoms with E-state index in [-0.39, 0.29) is 11.8 Å². The number of nitrogens with one attached hydrogen (secondary N) is 1. The van der Waals surface area contributed by atoms with Crippen LogP contribution in [0.1, 0.15) is 30.6 Å². The lowest BCUT2D eigenvalue weighted by Crippen LogP contribution is -2.42. The minimum atomic E-state index is 0.0852. The van der Waals surface area contributed by atoms with E-state index in [9.17, 15) is 4.79 Å². The highest BCUT2D eigenvalue weighted by Crippen LogP contribution is 2.29. The van der Waals surface area contributed by atoms with Gasteiger partial charge in [0.05, 0.1) is 26.4 Å². The summed E-state index contributed by atoms with van der Waals surface area (Å²) in [5, 5.41) is 3.29. The first-order chi connectivity index (χ1) is 10.2. The van der Waals surface area contributed by atoms with Crippen LogP contribution in [0.4, 0.5) is 0 Å². The van der Waals surface area contributed by atoms with E-state index in [1.165, 1.54) is 0 Å². The molecule has 0 saturated carbocycles. The summed E-state index contributed by atoms with van der Waals surface area (Å²) >= 11 is 0. The third-order valence-corrected chi connectivity index (χ3v) is 3.30. The molecule has 0 radical (unpaired) electrons. The second-order valence-electron chi connectivity index (χ2n) is 4.88. The van der Waals surface area contributed by atoms with Crippen LogP contribution in [0.15, 0.2) is 18.2 Å². The van der Waals surface area contributed by atoms with E-state index in [2.05, 4.69) is 5.32 Å². The number of rotatable bonds is 7. The van der Waals surface area contributed by atoms with Crippen molar-refractivity contribution in [1.29, 1.82) is 0 Å². The molecule has 116 valence electrons. The molecule has 1 heterocycles. The van der Waals surface area contributed by atoms with Gasteiger partial charge in [-0.2, -0.15) is 0 Å². The van der Waals surface area contributed by atoms with Crippen molar-refractivity contribution < 1.29 is 19.0 Å². The molecular formula is C16H23NO4. The summed E-state index contributed by atoms with van der Waals surface area (Å²) in [7, 11) is 0. The maximum atomic E-state index is 12.3. The molecule has 1 aliphatic heterocycles. The zero-order valence-corrected chi connectivity index (χ0v) is 12.7. The molecule has 1 saturated heterocycles. The first kappa shape index (κ1) is 15.8. The summed E-state index contributed by atoms with van der Waals surface area (Å²) in [4.78, 5) is 12.3. The summed E-state index contributed by atoms with van der Waals surface area (Å²) < 4.78 is 16.4. The molecule has 0 aromatic heterocycles. The Morgan fingerprint density at radius 1 is 1.29 bits per heavy atom. The molecular weight excluding hydrogens is 270 g/mol. The van der Waals surface area contributed by atoms with Gasteiger partial charge >= 0.3 is 0 Å². The van der Waals surface area contributed by atoms with Gasteiger partial charge in [0.2, 0.25) is 0 Å². The SMILES string of the molecule is CCOc1ccc(C(=O)CC2COCCN2)cc1OCC. The van der Waals surface area contributed by atoms with Crippen LogP contribution in [0.2, 0.25) is 0 Å². The normalized spacial score (nSPS) is 18.3. The first-order valence-corrected chi connectivity index (χ1v) is 7.48. The van der Waals surface area contributed by atoms with Gasteiger partial charge in [0, 0.05) is 24.6 Å². The molecule has 2 rings (SSSR count). The van der Waals surface area contributed by atoms with Crippen molar-refractivity contribution in [1.82, 2.24) is 5.32 Å². The monoisotopic (exact) mass is 293 g/mol.